The van der Waals surface area contributed by atoms with E-state index in [1.165, 1.54) is 25.7 Å². The largest absolute Gasteiger partial charge is 0.394 e. The maximum atomic E-state index is 9.24. The summed E-state index contributed by atoms with van der Waals surface area (Å²) in [7, 11) is 0. The summed E-state index contributed by atoms with van der Waals surface area (Å²) in [6.07, 6.45) is 5.15. The van der Waals surface area contributed by atoms with Gasteiger partial charge in [-0.1, -0.05) is 13.8 Å². The average molecular weight is 270 g/mol. The van der Waals surface area contributed by atoms with Crippen molar-refractivity contribution in [1.29, 1.82) is 0 Å². The second kappa shape index (κ2) is 7.02. The molecule has 2 aliphatic rings. The van der Waals surface area contributed by atoms with Crippen LogP contribution in [-0.4, -0.2) is 61.5 Å². The number of nitrogens with zero attached hydrogens (tertiary/aromatic N) is 1. The van der Waals surface area contributed by atoms with Crippen LogP contribution in [0.2, 0.25) is 0 Å². The molecular formula is C15H30N2O2. The fraction of sp³-hybridized carbons (Fsp3) is 1.00. The molecule has 2 N–H and O–H groups in total. The minimum absolute atomic E-state index is 0.0107. The Kier molecular flexibility index (Phi) is 5.63. The summed E-state index contributed by atoms with van der Waals surface area (Å²) in [5, 5.41) is 12.9. The van der Waals surface area contributed by atoms with Gasteiger partial charge in [0.15, 0.2) is 0 Å². The highest BCUT2D eigenvalue weighted by Gasteiger charge is 2.33. The van der Waals surface area contributed by atoms with Gasteiger partial charge in [0, 0.05) is 32.2 Å². The molecule has 1 atom stereocenters. The minimum Gasteiger partial charge on any atom is -0.394 e. The van der Waals surface area contributed by atoms with Gasteiger partial charge in [-0.25, -0.2) is 0 Å². The van der Waals surface area contributed by atoms with Gasteiger partial charge in [-0.15, -0.1) is 0 Å². The number of ether oxygens (including phenoxy) is 1. The lowest BCUT2D eigenvalue weighted by Crippen LogP contribution is -2.50. The van der Waals surface area contributed by atoms with E-state index in [2.05, 4.69) is 24.1 Å². The average Bonchev–Trinajstić information content (AvgIpc) is 3.28. The predicted octanol–water partition coefficient (Wildman–Crippen LogP) is 1.24. The standard InChI is InChI=1S/C15H30N2O2/c1-3-15(4-2,11-16-13-5-6-13)12-17-7-8-19-14(9-17)10-18/h13-14,16,18H,3-12H2,1-2H3. The van der Waals surface area contributed by atoms with Crippen molar-refractivity contribution in [2.45, 2.75) is 51.7 Å². The van der Waals surface area contributed by atoms with Gasteiger partial charge in [0.25, 0.3) is 0 Å². The molecule has 2 rings (SSSR count). The fourth-order valence-electron chi connectivity index (χ4n) is 2.94. The molecule has 0 amide bonds. The van der Waals surface area contributed by atoms with Gasteiger partial charge in [-0.05, 0) is 31.1 Å². The molecule has 1 unspecified atom stereocenters. The van der Waals surface area contributed by atoms with Crippen molar-refractivity contribution >= 4 is 0 Å². The number of hydrogen-bond acceptors (Lipinski definition) is 4. The molecule has 1 heterocycles. The maximum absolute atomic E-state index is 9.24. The van der Waals surface area contributed by atoms with Crippen LogP contribution >= 0.6 is 0 Å². The van der Waals surface area contributed by atoms with Crippen molar-refractivity contribution in [3.63, 3.8) is 0 Å². The van der Waals surface area contributed by atoms with E-state index < -0.39 is 0 Å². The van der Waals surface area contributed by atoms with E-state index >= 15 is 0 Å². The second-order valence-corrected chi connectivity index (χ2v) is 6.27. The summed E-state index contributed by atoms with van der Waals surface area (Å²) >= 11 is 0. The van der Waals surface area contributed by atoms with Crippen molar-refractivity contribution in [3.05, 3.63) is 0 Å². The summed E-state index contributed by atoms with van der Waals surface area (Å²) < 4.78 is 5.54. The van der Waals surface area contributed by atoms with Crippen molar-refractivity contribution in [3.8, 4) is 0 Å². The zero-order chi connectivity index (χ0) is 13.7. The van der Waals surface area contributed by atoms with Gasteiger partial charge >= 0.3 is 0 Å². The van der Waals surface area contributed by atoms with Gasteiger partial charge < -0.3 is 15.2 Å². The minimum atomic E-state index is 0.0107. The van der Waals surface area contributed by atoms with Crippen LogP contribution in [0.1, 0.15) is 39.5 Å². The molecule has 1 saturated carbocycles. The maximum Gasteiger partial charge on any atom is 0.0932 e. The fourth-order valence-corrected chi connectivity index (χ4v) is 2.94. The summed E-state index contributed by atoms with van der Waals surface area (Å²) in [6.45, 7) is 9.64. The van der Waals surface area contributed by atoms with Crippen LogP contribution in [0, 0.1) is 5.41 Å². The molecule has 4 heteroatoms. The Morgan fingerprint density at radius 2 is 2.05 bits per heavy atom. The van der Waals surface area contributed by atoms with Gasteiger partial charge in [-0.3, -0.25) is 4.90 Å². The Hall–Kier alpha value is -0.160. The molecule has 112 valence electrons. The Morgan fingerprint density at radius 1 is 1.32 bits per heavy atom. The molecule has 0 bridgehead atoms. The third kappa shape index (κ3) is 4.42. The van der Waals surface area contributed by atoms with Crippen LogP contribution in [0.25, 0.3) is 0 Å². The van der Waals surface area contributed by atoms with E-state index in [4.69, 9.17) is 4.74 Å². The molecule has 0 aromatic carbocycles. The first-order valence-corrected chi connectivity index (χ1v) is 7.89. The first kappa shape index (κ1) is 15.2. The Morgan fingerprint density at radius 3 is 2.63 bits per heavy atom. The van der Waals surface area contributed by atoms with E-state index in [1.807, 2.05) is 0 Å². The van der Waals surface area contributed by atoms with Crippen molar-refractivity contribution in [2.24, 2.45) is 5.41 Å². The highest BCUT2D eigenvalue weighted by atomic mass is 16.5. The molecule has 0 aromatic heterocycles. The van der Waals surface area contributed by atoms with Gasteiger partial charge in [0.2, 0.25) is 0 Å². The predicted molar refractivity (Wildman–Crippen MR) is 77.3 cm³/mol. The van der Waals surface area contributed by atoms with Crippen molar-refractivity contribution in [2.75, 3.05) is 39.4 Å². The molecule has 4 nitrogen and oxygen atoms in total. The number of morpholine rings is 1. The lowest BCUT2D eigenvalue weighted by molar-refractivity contribution is -0.0633. The van der Waals surface area contributed by atoms with E-state index in [1.54, 1.807) is 0 Å². The Balaban J connectivity index is 1.86. The third-order valence-electron chi connectivity index (χ3n) is 4.83. The highest BCUT2D eigenvalue weighted by molar-refractivity contribution is 4.89. The zero-order valence-electron chi connectivity index (χ0n) is 12.5. The summed E-state index contributed by atoms with van der Waals surface area (Å²) in [5.74, 6) is 0. The number of nitrogens with one attached hydrogen (secondary N) is 1. The van der Waals surface area contributed by atoms with Crippen LogP contribution < -0.4 is 5.32 Å². The van der Waals surface area contributed by atoms with Crippen LogP contribution in [0.4, 0.5) is 0 Å². The summed E-state index contributed by atoms with van der Waals surface area (Å²) in [4.78, 5) is 2.48. The molecule has 0 spiro atoms. The monoisotopic (exact) mass is 270 g/mol. The molecular weight excluding hydrogens is 240 g/mol. The topological polar surface area (TPSA) is 44.7 Å². The molecule has 1 aliphatic carbocycles. The quantitative estimate of drug-likeness (QED) is 0.696. The van der Waals surface area contributed by atoms with Crippen molar-refractivity contribution < 1.29 is 9.84 Å². The van der Waals surface area contributed by atoms with E-state index in [0.717, 1.165) is 38.8 Å². The van der Waals surface area contributed by atoms with Gasteiger partial charge in [-0.2, -0.15) is 0 Å². The van der Waals surface area contributed by atoms with E-state index in [-0.39, 0.29) is 12.7 Å². The number of rotatable bonds is 8. The first-order chi connectivity index (χ1) is 9.21. The summed E-state index contributed by atoms with van der Waals surface area (Å²) in [5.41, 5.74) is 0.375. The first-order valence-electron chi connectivity index (χ1n) is 7.89. The summed E-state index contributed by atoms with van der Waals surface area (Å²) in [6, 6.07) is 0.785. The number of aliphatic hydroxyl groups is 1. The highest BCUT2D eigenvalue weighted by Crippen LogP contribution is 2.29. The third-order valence-corrected chi connectivity index (χ3v) is 4.83. The van der Waals surface area contributed by atoms with Crippen LogP contribution in [0.15, 0.2) is 0 Å². The van der Waals surface area contributed by atoms with E-state index in [9.17, 15) is 5.11 Å². The number of hydrogen-bond donors (Lipinski definition) is 2. The van der Waals surface area contributed by atoms with Crippen molar-refractivity contribution in [1.82, 2.24) is 10.2 Å². The molecule has 2 fully saturated rings. The van der Waals surface area contributed by atoms with Gasteiger partial charge in [0.05, 0.1) is 19.3 Å². The second-order valence-electron chi connectivity index (χ2n) is 6.27. The normalized spacial score (nSPS) is 25.7. The zero-order valence-corrected chi connectivity index (χ0v) is 12.5. The van der Waals surface area contributed by atoms with E-state index in [0.29, 0.717) is 5.41 Å². The van der Waals surface area contributed by atoms with Crippen LogP contribution in [-0.2, 0) is 4.74 Å². The Labute approximate surface area is 117 Å². The van der Waals surface area contributed by atoms with Crippen LogP contribution in [0.5, 0.6) is 0 Å². The Bertz CT molecular complexity index is 265. The smallest absolute Gasteiger partial charge is 0.0932 e. The van der Waals surface area contributed by atoms with Crippen LogP contribution in [0.3, 0.4) is 0 Å². The van der Waals surface area contributed by atoms with Gasteiger partial charge in [0.1, 0.15) is 0 Å². The number of aliphatic hydroxyl groups excluding tert-OH is 1. The lowest BCUT2D eigenvalue weighted by Gasteiger charge is -2.40. The molecule has 1 saturated heterocycles. The molecule has 19 heavy (non-hydrogen) atoms. The molecule has 1 aliphatic heterocycles. The molecule has 0 aromatic rings. The lowest BCUT2D eigenvalue weighted by atomic mass is 9.81. The SMILES string of the molecule is CCC(CC)(CNC1CC1)CN1CCOC(CO)C1. The molecule has 0 radical (unpaired) electrons.